The molecule has 0 aliphatic carbocycles. The average Bonchev–Trinajstić information content (AvgIpc) is 2.93. The van der Waals surface area contributed by atoms with Gasteiger partial charge in [-0.1, -0.05) is 0 Å². The number of anilines is 1. The molecule has 0 aliphatic heterocycles. The van der Waals surface area contributed by atoms with E-state index >= 15 is 0 Å². The molecule has 0 atom stereocenters. The summed E-state index contributed by atoms with van der Waals surface area (Å²) in [6.45, 7) is 3.02. The molecule has 0 radical (unpaired) electrons. The van der Waals surface area contributed by atoms with Crippen molar-refractivity contribution in [2.75, 3.05) is 5.32 Å². The number of aryl methyl sites for hydroxylation is 1. The molecule has 5 nitrogen and oxygen atoms in total. The normalized spacial score (nSPS) is 11.1. The Morgan fingerprint density at radius 2 is 2.22 bits per heavy atom. The molecular formula is C11H15F2N5. The summed E-state index contributed by atoms with van der Waals surface area (Å²) in [5, 5.41) is 11.1. The standard InChI is InChI=1S/C11H15F2N5/c1-2-18-10(3-4-15-18)6-14-9-5-16-17(7-9)8-11(12)13/h3-5,7,11,14H,2,6,8H2,1H3. The fourth-order valence-electron chi connectivity index (χ4n) is 1.68. The highest BCUT2D eigenvalue weighted by molar-refractivity contribution is 5.38. The molecule has 0 spiro atoms. The second-order valence-electron chi connectivity index (χ2n) is 3.83. The van der Waals surface area contributed by atoms with Crippen molar-refractivity contribution in [3.63, 3.8) is 0 Å². The Bertz CT molecular complexity index is 491. The van der Waals surface area contributed by atoms with Crippen molar-refractivity contribution in [3.05, 3.63) is 30.4 Å². The molecule has 0 fully saturated rings. The monoisotopic (exact) mass is 255 g/mol. The number of hydrogen-bond donors (Lipinski definition) is 1. The zero-order valence-corrected chi connectivity index (χ0v) is 10.1. The van der Waals surface area contributed by atoms with Gasteiger partial charge in [-0.15, -0.1) is 0 Å². The lowest BCUT2D eigenvalue weighted by molar-refractivity contribution is 0.122. The minimum Gasteiger partial charge on any atom is -0.377 e. The van der Waals surface area contributed by atoms with E-state index in [0.29, 0.717) is 6.54 Å². The van der Waals surface area contributed by atoms with Gasteiger partial charge in [0, 0.05) is 18.9 Å². The third-order valence-electron chi connectivity index (χ3n) is 2.54. The first-order valence-corrected chi connectivity index (χ1v) is 5.74. The van der Waals surface area contributed by atoms with Gasteiger partial charge >= 0.3 is 0 Å². The molecule has 2 aromatic rings. The molecule has 0 saturated carbocycles. The Morgan fingerprint density at radius 1 is 1.39 bits per heavy atom. The molecule has 0 aliphatic rings. The summed E-state index contributed by atoms with van der Waals surface area (Å²) in [6.07, 6.45) is 2.45. The van der Waals surface area contributed by atoms with Crippen molar-refractivity contribution in [1.29, 1.82) is 0 Å². The van der Waals surface area contributed by atoms with Crippen molar-refractivity contribution in [3.8, 4) is 0 Å². The fraction of sp³-hybridized carbons (Fsp3) is 0.455. The predicted octanol–water partition coefficient (Wildman–Crippen LogP) is 1.98. The Kier molecular flexibility index (Phi) is 3.91. The van der Waals surface area contributed by atoms with E-state index in [1.807, 2.05) is 17.7 Å². The Labute approximate surface area is 103 Å². The van der Waals surface area contributed by atoms with Crippen molar-refractivity contribution >= 4 is 5.69 Å². The van der Waals surface area contributed by atoms with Gasteiger partial charge in [0.2, 0.25) is 0 Å². The minimum atomic E-state index is -2.39. The molecular weight excluding hydrogens is 240 g/mol. The van der Waals surface area contributed by atoms with E-state index in [2.05, 4.69) is 15.5 Å². The van der Waals surface area contributed by atoms with Crippen LogP contribution in [0.3, 0.4) is 0 Å². The Hall–Kier alpha value is -1.92. The summed E-state index contributed by atoms with van der Waals surface area (Å²) < 4.78 is 27.4. The van der Waals surface area contributed by atoms with E-state index in [9.17, 15) is 8.78 Å². The van der Waals surface area contributed by atoms with Crippen molar-refractivity contribution in [1.82, 2.24) is 19.6 Å². The van der Waals surface area contributed by atoms with Crippen LogP contribution in [0.4, 0.5) is 14.5 Å². The summed E-state index contributed by atoms with van der Waals surface area (Å²) in [6, 6.07) is 1.92. The number of hydrogen-bond acceptors (Lipinski definition) is 3. The Morgan fingerprint density at radius 3 is 2.94 bits per heavy atom. The molecule has 18 heavy (non-hydrogen) atoms. The smallest absolute Gasteiger partial charge is 0.257 e. The van der Waals surface area contributed by atoms with Gasteiger partial charge in [0.25, 0.3) is 6.43 Å². The molecule has 98 valence electrons. The summed E-state index contributed by atoms with van der Waals surface area (Å²) in [5.41, 5.74) is 1.76. The topological polar surface area (TPSA) is 47.7 Å². The maximum atomic E-state index is 12.1. The highest BCUT2D eigenvalue weighted by Gasteiger charge is 2.06. The Balaban J connectivity index is 1.92. The molecule has 0 bridgehead atoms. The van der Waals surface area contributed by atoms with Gasteiger partial charge in [0.05, 0.1) is 24.1 Å². The number of rotatable bonds is 6. The van der Waals surface area contributed by atoms with Gasteiger partial charge < -0.3 is 5.32 Å². The first-order chi connectivity index (χ1) is 8.69. The third-order valence-corrected chi connectivity index (χ3v) is 2.54. The van der Waals surface area contributed by atoms with Gasteiger partial charge in [-0.3, -0.25) is 9.36 Å². The van der Waals surface area contributed by atoms with Crippen LogP contribution in [0.1, 0.15) is 12.6 Å². The van der Waals surface area contributed by atoms with Crippen LogP contribution < -0.4 is 5.32 Å². The van der Waals surface area contributed by atoms with E-state index < -0.39 is 6.43 Å². The molecule has 0 saturated heterocycles. The zero-order chi connectivity index (χ0) is 13.0. The second-order valence-corrected chi connectivity index (χ2v) is 3.83. The van der Waals surface area contributed by atoms with Crippen LogP contribution in [0.2, 0.25) is 0 Å². The van der Waals surface area contributed by atoms with E-state index in [-0.39, 0.29) is 6.54 Å². The SMILES string of the molecule is CCn1nccc1CNc1cnn(CC(F)F)c1. The van der Waals surface area contributed by atoms with E-state index in [4.69, 9.17) is 0 Å². The number of nitrogens with zero attached hydrogens (tertiary/aromatic N) is 4. The largest absolute Gasteiger partial charge is 0.377 e. The summed E-state index contributed by atoms with van der Waals surface area (Å²) in [5.74, 6) is 0. The molecule has 2 heterocycles. The number of alkyl halides is 2. The van der Waals surface area contributed by atoms with E-state index in [0.717, 1.165) is 17.9 Å². The van der Waals surface area contributed by atoms with Gasteiger partial charge in [-0.25, -0.2) is 8.78 Å². The number of halogens is 2. The molecule has 2 aromatic heterocycles. The van der Waals surface area contributed by atoms with Crippen LogP contribution in [0.25, 0.3) is 0 Å². The average molecular weight is 255 g/mol. The zero-order valence-electron chi connectivity index (χ0n) is 10.1. The van der Waals surface area contributed by atoms with Gasteiger partial charge in [-0.05, 0) is 13.0 Å². The summed E-state index contributed by atoms with van der Waals surface area (Å²) in [7, 11) is 0. The predicted molar refractivity (Wildman–Crippen MR) is 63.5 cm³/mol. The van der Waals surface area contributed by atoms with Crippen molar-refractivity contribution < 1.29 is 8.78 Å². The first-order valence-electron chi connectivity index (χ1n) is 5.74. The first kappa shape index (κ1) is 12.5. The molecule has 1 N–H and O–H groups in total. The van der Waals surface area contributed by atoms with Crippen LogP contribution in [0.5, 0.6) is 0 Å². The van der Waals surface area contributed by atoms with Gasteiger partial charge in [0.15, 0.2) is 0 Å². The van der Waals surface area contributed by atoms with Crippen LogP contribution in [0, 0.1) is 0 Å². The van der Waals surface area contributed by atoms with Crippen LogP contribution in [-0.2, 0) is 19.6 Å². The van der Waals surface area contributed by atoms with Crippen molar-refractivity contribution in [2.24, 2.45) is 0 Å². The van der Waals surface area contributed by atoms with Crippen molar-refractivity contribution in [2.45, 2.75) is 33.0 Å². The maximum Gasteiger partial charge on any atom is 0.257 e. The van der Waals surface area contributed by atoms with Gasteiger partial charge in [0.1, 0.15) is 6.54 Å². The number of nitrogens with one attached hydrogen (secondary N) is 1. The summed E-state index contributed by atoms with van der Waals surface area (Å²) in [4.78, 5) is 0. The quantitative estimate of drug-likeness (QED) is 0.858. The van der Waals surface area contributed by atoms with Crippen LogP contribution in [-0.4, -0.2) is 26.0 Å². The lowest BCUT2D eigenvalue weighted by Crippen LogP contribution is -2.08. The maximum absolute atomic E-state index is 12.1. The summed E-state index contributed by atoms with van der Waals surface area (Å²) >= 11 is 0. The molecule has 0 unspecified atom stereocenters. The molecule has 7 heteroatoms. The molecule has 0 amide bonds. The number of aromatic nitrogens is 4. The lowest BCUT2D eigenvalue weighted by Gasteiger charge is -2.05. The molecule has 0 aromatic carbocycles. The highest BCUT2D eigenvalue weighted by Crippen LogP contribution is 2.09. The minimum absolute atomic E-state index is 0.380. The van der Waals surface area contributed by atoms with Gasteiger partial charge in [-0.2, -0.15) is 10.2 Å². The fourth-order valence-corrected chi connectivity index (χ4v) is 1.68. The highest BCUT2D eigenvalue weighted by atomic mass is 19.3. The van der Waals surface area contributed by atoms with E-state index in [1.54, 1.807) is 12.4 Å². The van der Waals surface area contributed by atoms with E-state index in [1.165, 1.54) is 10.9 Å². The third kappa shape index (κ3) is 3.06. The van der Waals surface area contributed by atoms with Crippen LogP contribution in [0.15, 0.2) is 24.7 Å². The molecule has 2 rings (SSSR count). The lowest BCUT2D eigenvalue weighted by atomic mass is 10.4. The van der Waals surface area contributed by atoms with Crippen LogP contribution >= 0.6 is 0 Å². The second kappa shape index (κ2) is 5.61.